The lowest BCUT2D eigenvalue weighted by Crippen LogP contribution is -2.47. The molecule has 4 rings (SSSR count). The predicted molar refractivity (Wildman–Crippen MR) is 122 cm³/mol. The number of piperidine rings is 1. The van der Waals surface area contributed by atoms with Gasteiger partial charge in [0.2, 0.25) is 5.95 Å². The van der Waals surface area contributed by atoms with Gasteiger partial charge in [0.25, 0.3) is 0 Å². The van der Waals surface area contributed by atoms with Crippen LogP contribution in [0.15, 0.2) is 34.9 Å². The molecule has 1 atom stereocenters. The molecule has 2 saturated heterocycles. The number of methoxy groups -OCH3 is 1. The maximum Gasteiger partial charge on any atom is 0.227 e. The van der Waals surface area contributed by atoms with Crippen molar-refractivity contribution in [3.63, 3.8) is 0 Å². The highest BCUT2D eigenvalue weighted by Gasteiger charge is 2.26. The van der Waals surface area contributed by atoms with Gasteiger partial charge < -0.3 is 19.3 Å². The number of hydrogen-bond donors (Lipinski definition) is 0. The van der Waals surface area contributed by atoms with Crippen molar-refractivity contribution in [2.75, 3.05) is 63.4 Å². The van der Waals surface area contributed by atoms with Gasteiger partial charge in [-0.3, -0.25) is 4.90 Å². The van der Waals surface area contributed by atoms with E-state index in [1.54, 1.807) is 7.11 Å². The van der Waals surface area contributed by atoms with Crippen LogP contribution in [-0.2, 0) is 11.3 Å². The minimum atomic E-state index is 0.386. The van der Waals surface area contributed by atoms with E-state index in [9.17, 15) is 0 Å². The molecular weight excluding hydrogens is 446 g/mol. The van der Waals surface area contributed by atoms with Crippen molar-refractivity contribution < 1.29 is 9.47 Å². The Morgan fingerprint density at radius 2 is 2.07 bits per heavy atom. The Labute approximate surface area is 187 Å². The zero-order valence-corrected chi connectivity index (χ0v) is 19.3. The molecule has 0 spiro atoms. The van der Waals surface area contributed by atoms with E-state index >= 15 is 0 Å². The fourth-order valence-corrected chi connectivity index (χ4v) is 4.65. The summed E-state index contributed by atoms with van der Waals surface area (Å²) < 4.78 is 12.1. The third-order valence-corrected chi connectivity index (χ3v) is 6.44. The number of likely N-dealkylation sites (N-methyl/N-ethyl adjacent to an activating group) is 1. The molecular formula is C22H30BrN5O2. The lowest BCUT2D eigenvalue weighted by molar-refractivity contribution is 0.122. The van der Waals surface area contributed by atoms with E-state index in [0.717, 1.165) is 80.8 Å². The maximum atomic E-state index is 5.56. The predicted octanol–water partition coefficient (Wildman–Crippen LogP) is 3.19. The number of anilines is 2. The Morgan fingerprint density at radius 3 is 2.87 bits per heavy atom. The molecule has 0 amide bonds. The number of morpholine rings is 1. The van der Waals surface area contributed by atoms with E-state index in [2.05, 4.69) is 48.7 Å². The molecule has 1 unspecified atom stereocenters. The van der Waals surface area contributed by atoms with Gasteiger partial charge in [-0.25, -0.2) is 4.98 Å². The van der Waals surface area contributed by atoms with Crippen LogP contribution in [0.1, 0.15) is 18.4 Å². The molecule has 3 heterocycles. The summed E-state index contributed by atoms with van der Waals surface area (Å²) in [7, 11) is 3.85. The molecule has 7 nitrogen and oxygen atoms in total. The Hall–Kier alpha value is -1.90. The minimum Gasteiger partial charge on any atom is -0.496 e. The first-order chi connectivity index (χ1) is 14.6. The van der Waals surface area contributed by atoms with E-state index in [1.807, 2.05) is 24.4 Å². The Bertz CT molecular complexity index is 846. The lowest BCUT2D eigenvalue weighted by Gasteiger charge is -2.38. The van der Waals surface area contributed by atoms with Crippen LogP contribution in [0.2, 0.25) is 0 Å². The Morgan fingerprint density at radius 1 is 1.23 bits per heavy atom. The molecule has 8 heteroatoms. The zero-order valence-electron chi connectivity index (χ0n) is 17.8. The first kappa shape index (κ1) is 21.3. The first-order valence-corrected chi connectivity index (χ1v) is 11.4. The third-order valence-electron chi connectivity index (χ3n) is 5.94. The monoisotopic (exact) mass is 475 g/mol. The van der Waals surface area contributed by atoms with Crippen molar-refractivity contribution in [1.29, 1.82) is 0 Å². The van der Waals surface area contributed by atoms with Crippen LogP contribution >= 0.6 is 15.9 Å². The van der Waals surface area contributed by atoms with Crippen molar-refractivity contribution in [3.05, 3.63) is 40.5 Å². The number of rotatable bonds is 6. The van der Waals surface area contributed by atoms with Crippen LogP contribution in [0.4, 0.5) is 11.8 Å². The fraction of sp³-hybridized carbons (Fsp3) is 0.545. The lowest BCUT2D eigenvalue weighted by atomic mass is 10.0. The second-order valence-electron chi connectivity index (χ2n) is 7.91. The highest BCUT2D eigenvalue weighted by molar-refractivity contribution is 9.10. The Balaban J connectivity index is 1.44. The van der Waals surface area contributed by atoms with Crippen molar-refractivity contribution in [2.24, 2.45) is 0 Å². The molecule has 2 fully saturated rings. The number of likely N-dealkylation sites (tertiary alicyclic amines) is 1. The summed E-state index contributed by atoms with van der Waals surface area (Å²) >= 11 is 3.58. The molecule has 0 saturated carbocycles. The van der Waals surface area contributed by atoms with Gasteiger partial charge >= 0.3 is 0 Å². The molecule has 2 aliphatic heterocycles. The number of nitrogens with zero attached hydrogens (tertiary/aromatic N) is 5. The number of aromatic nitrogens is 2. The third kappa shape index (κ3) is 5.04. The number of ether oxygens (including phenoxy) is 2. The number of hydrogen-bond acceptors (Lipinski definition) is 7. The van der Waals surface area contributed by atoms with Crippen molar-refractivity contribution in [2.45, 2.75) is 25.4 Å². The standard InChI is InChI=1S/C22H30BrN5O2/c1-26(22-24-8-7-21(25-22)28-10-12-30-13-11-28)19-4-3-9-27(16-19)15-17-14-18(23)5-6-20(17)29-2/h5-8,14,19H,3-4,9-13,15-16H2,1-2H3. The normalized spacial score (nSPS) is 20.2. The van der Waals surface area contributed by atoms with Gasteiger partial charge in [0.1, 0.15) is 11.6 Å². The van der Waals surface area contributed by atoms with Gasteiger partial charge in [-0.2, -0.15) is 4.98 Å². The van der Waals surface area contributed by atoms with Gasteiger partial charge in [0.05, 0.1) is 20.3 Å². The van der Waals surface area contributed by atoms with Crippen LogP contribution < -0.4 is 14.5 Å². The zero-order chi connectivity index (χ0) is 20.9. The largest absolute Gasteiger partial charge is 0.496 e. The molecule has 0 bridgehead atoms. The van der Waals surface area contributed by atoms with Gasteiger partial charge in [-0.05, 0) is 43.7 Å². The average Bonchev–Trinajstić information content (AvgIpc) is 2.80. The summed E-state index contributed by atoms with van der Waals surface area (Å²) in [6.45, 7) is 6.23. The van der Waals surface area contributed by atoms with Gasteiger partial charge in [-0.1, -0.05) is 15.9 Å². The molecule has 162 valence electrons. The first-order valence-electron chi connectivity index (χ1n) is 10.6. The van der Waals surface area contributed by atoms with E-state index in [-0.39, 0.29) is 0 Å². The van der Waals surface area contributed by atoms with Crippen molar-refractivity contribution in [3.8, 4) is 5.75 Å². The molecule has 0 radical (unpaired) electrons. The summed E-state index contributed by atoms with van der Waals surface area (Å²) in [4.78, 5) is 16.4. The number of halogens is 1. The molecule has 1 aromatic carbocycles. The van der Waals surface area contributed by atoms with Gasteiger partial charge in [-0.15, -0.1) is 0 Å². The fourth-order valence-electron chi connectivity index (χ4n) is 4.24. The Kier molecular flexibility index (Phi) is 7.07. The maximum absolute atomic E-state index is 5.56. The van der Waals surface area contributed by atoms with Crippen LogP contribution in [-0.4, -0.2) is 74.5 Å². The second kappa shape index (κ2) is 9.94. The average molecular weight is 476 g/mol. The molecule has 1 aromatic heterocycles. The SMILES string of the molecule is COc1ccc(Br)cc1CN1CCCC(N(C)c2nccc(N3CCOCC3)n2)C1. The quantitative estimate of drug-likeness (QED) is 0.635. The summed E-state index contributed by atoms with van der Waals surface area (Å²) in [5.74, 6) is 2.72. The van der Waals surface area contributed by atoms with Gasteiger partial charge in [0, 0.05) is 55.5 Å². The van der Waals surface area contributed by atoms with Crippen LogP contribution in [0.5, 0.6) is 5.75 Å². The van der Waals surface area contributed by atoms with Crippen LogP contribution in [0.25, 0.3) is 0 Å². The van der Waals surface area contributed by atoms with E-state index in [1.165, 1.54) is 5.56 Å². The molecule has 0 aliphatic carbocycles. The smallest absolute Gasteiger partial charge is 0.227 e. The molecule has 30 heavy (non-hydrogen) atoms. The van der Waals surface area contributed by atoms with E-state index < -0.39 is 0 Å². The second-order valence-corrected chi connectivity index (χ2v) is 8.83. The highest BCUT2D eigenvalue weighted by Crippen LogP contribution is 2.27. The van der Waals surface area contributed by atoms with Crippen LogP contribution in [0.3, 0.4) is 0 Å². The van der Waals surface area contributed by atoms with Gasteiger partial charge in [0.15, 0.2) is 0 Å². The molecule has 0 N–H and O–H groups in total. The van der Waals surface area contributed by atoms with Crippen molar-refractivity contribution in [1.82, 2.24) is 14.9 Å². The summed E-state index contributed by atoms with van der Waals surface area (Å²) in [5.41, 5.74) is 1.21. The van der Waals surface area contributed by atoms with Crippen LogP contribution in [0, 0.1) is 0 Å². The molecule has 2 aliphatic rings. The summed E-state index contributed by atoms with van der Waals surface area (Å²) in [5, 5.41) is 0. The highest BCUT2D eigenvalue weighted by atomic mass is 79.9. The minimum absolute atomic E-state index is 0.386. The summed E-state index contributed by atoms with van der Waals surface area (Å²) in [6.07, 6.45) is 4.18. The van der Waals surface area contributed by atoms with E-state index in [4.69, 9.17) is 14.5 Å². The number of benzene rings is 1. The van der Waals surface area contributed by atoms with E-state index in [0.29, 0.717) is 6.04 Å². The van der Waals surface area contributed by atoms with Crippen molar-refractivity contribution >= 4 is 27.7 Å². The summed E-state index contributed by atoms with van der Waals surface area (Å²) in [6, 6.07) is 8.58. The topological polar surface area (TPSA) is 54.0 Å². The molecule has 2 aromatic rings.